The zero-order valence-electron chi connectivity index (χ0n) is 9.43. The first-order chi connectivity index (χ1) is 8.19. The molecule has 0 radical (unpaired) electrons. The predicted octanol–water partition coefficient (Wildman–Crippen LogP) is 1.62. The molecule has 6 nitrogen and oxygen atoms in total. The fraction of sp³-hybridized carbons (Fsp3) is 0.400. The minimum Gasteiger partial charge on any atom is -0.461 e. The van der Waals surface area contributed by atoms with Gasteiger partial charge in [0.2, 0.25) is 11.6 Å². The Balaban J connectivity index is 2.65. The second-order valence-corrected chi connectivity index (χ2v) is 3.80. The van der Waals surface area contributed by atoms with Gasteiger partial charge in [-0.2, -0.15) is 0 Å². The van der Waals surface area contributed by atoms with Crippen molar-refractivity contribution in [2.45, 2.75) is 19.8 Å². The van der Waals surface area contributed by atoms with E-state index in [0.717, 1.165) is 11.5 Å². The van der Waals surface area contributed by atoms with Gasteiger partial charge in [-0.1, -0.05) is 10.6 Å². The van der Waals surface area contributed by atoms with E-state index >= 15 is 0 Å². The fourth-order valence-electron chi connectivity index (χ4n) is 1.03. The Hall–Kier alpha value is -1.76. The van der Waals surface area contributed by atoms with Gasteiger partial charge in [0.25, 0.3) is 0 Å². The number of rotatable bonds is 6. The molecule has 0 fully saturated rings. The molecule has 1 N–H and O–H groups in total. The Bertz CT molecular complexity index is 417. The monoisotopic (exact) mass is 255 g/mol. The second kappa shape index (κ2) is 6.74. The maximum Gasteiger partial charge on any atom is 0.362 e. The zero-order chi connectivity index (χ0) is 12.7. The van der Waals surface area contributed by atoms with Crippen LogP contribution in [-0.2, 0) is 9.53 Å². The topological polar surface area (TPSA) is 81.2 Å². The van der Waals surface area contributed by atoms with E-state index < -0.39 is 5.97 Å². The summed E-state index contributed by atoms with van der Waals surface area (Å²) in [5, 5.41) is 6.51. The van der Waals surface area contributed by atoms with Crippen molar-refractivity contribution in [3.8, 4) is 0 Å². The molecule has 0 aliphatic carbocycles. The van der Waals surface area contributed by atoms with Crippen LogP contribution in [0.3, 0.4) is 0 Å². The van der Waals surface area contributed by atoms with E-state index in [0.29, 0.717) is 17.8 Å². The molecule has 0 spiro atoms. The zero-order valence-corrected chi connectivity index (χ0v) is 10.2. The van der Waals surface area contributed by atoms with Crippen molar-refractivity contribution in [2.75, 3.05) is 11.9 Å². The van der Waals surface area contributed by atoms with Gasteiger partial charge in [-0.15, -0.1) is 11.7 Å². The van der Waals surface area contributed by atoms with Gasteiger partial charge in [0.15, 0.2) is 5.00 Å². The van der Waals surface area contributed by atoms with Crippen LogP contribution in [0.4, 0.5) is 5.00 Å². The number of nitrogens with zero attached hydrogens (tertiary/aromatic N) is 2. The lowest BCUT2D eigenvalue weighted by atomic mass is 10.3. The number of hydrogen-bond donors (Lipinski definition) is 1. The smallest absolute Gasteiger partial charge is 0.362 e. The third-order valence-corrected chi connectivity index (χ3v) is 2.43. The molecule has 0 saturated heterocycles. The molecule has 1 aromatic rings. The Labute approximate surface area is 103 Å². The van der Waals surface area contributed by atoms with E-state index in [-0.39, 0.29) is 18.2 Å². The molecule has 7 heteroatoms. The quantitative estimate of drug-likeness (QED) is 0.617. The highest BCUT2D eigenvalue weighted by molar-refractivity contribution is 7.10. The molecule has 1 rings (SSSR count). The number of anilines is 1. The minimum atomic E-state index is -0.583. The first kappa shape index (κ1) is 13.3. The molecule has 0 atom stereocenters. The number of carbonyl (C=O) groups is 2. The van der Waals surface area contributed by atoms with Crippen LogP contribution in [0.15, 0.2) is 12.7 Å². The SMILES string of the molecule is C=CCCC(=O)Nc1snnc1C(=O)OCC. The summed E-state index contributed by atoms with van der Waals surface area (Å²) in [5.74, 6) is -0.790. The number of carbonyl (C=O) groups excluding carboxylic acids is 2. The standard InChI is InChI=1S/C10H13N3O3S/c1-3-5-6-7(14)11-9-8(12-13-17-9)10(15)16-4-2/h3H,1,4-6H2,2H3,(H,11,14). The van der Waals surface area contributed by atoms with Crippen molar-refractivity contribution >= 4 is 28.4 Å². The molecule has 1 amide bonds. The van der Waals surface area contributed by atoms with Crippen LogP contribution in [0.5, 0.6) is 0 Å². The van der Waals surface area contributed by atoms with Gasteiger partial charge in [0.1, 0.15) is 0 Å². The Kier molecular flexibility index (Phi) is 5.28. The van der Waals surface area contributed by atoms with Crippen LogP contribution < -0.4 is 5.32 Å². The van der Waals surface area contributed by atoms with Crippen molar-refractivity contribution in [3.05, 3.63) is 18.3 Å². The van der Waals surface area contributed by atoms with Gasteiger partial charge in [-0.3, -0.25) is 4.79 Å². The van der Waals surface area contributed by atoms with E-state index in [4.69, 9.17) is 4.74 Å². The highest BCUT2D eigenvalue weighted by Crippen LogP contribution is 2.18. The van der Waals surface area contributed by atoms with Crippen LogP contribution in [0.2, 0.25) is 0 Å². The summed E-state index contributed by atoms with van der Waals surface area (Å²) in [6.07, 6.45) is 2.53. The van der Waals surface area contributed by atoms with Gasteiger partial charge in [0, 0.05) is 18.0 Å². The van der Waals surface area contributed by atoms with Crippen molar-refractivity contribution < 1.29 is 14.3 Å². The molecule has 0 bridgehead atoms. The summed E-state index contributed by atoms with van der Waals surface area (Å²) in [6, 6.07) is 0. The molecule has 17 heavy (non-hydrogen) atoms. The van der Waals surface area contributed by atoms with E-state index in [1.54, 1.807) is 13.0 Å². The maximum atomic E-state index is 11.4. The number of amides is 1. The van der Waals surface area contributed by atoms with E-state index in [2.05, 4.69) is 21.5 Å². The summed E-state index contributed by atoms with van der Waals surface area (Å²) < 4.78 is 8.40. The average Bonchev–Trinajstić information content (AvgIpc) is 2.75. The van der Waals surface area contributed by atoms with Crippen molar-refractivity contribution in [1.29, 1.82) is 0 Å². The molecule has 92 valence electrons. The Morgan fingerprint density at radius 2 is 2.35 bits per heavy atom. The normalized spacial score (nSPS) is 9.71. The number of esters is 1. The summed E-state index contributed by atoms with van der Waals surface area (Å²) in [6.45, 7) is 5.47. The van der Waals surface area contributed by atoms with Gasteiger partial charge in [0.05, 0.1) is 6.61 Å². The molecule has 1 aromatic heterocycles. The van der Waals surface area contributed by atoms with Gasteiger partial charge in [-0.05, 0) is 13.3 Å². The van der Waals surface area contributed by atoms with Gasteiger partial charge >= 0.3 is 5.97 Å². The molecule has 0 aliphatic heterocycles. The number of aromatic nitrogens is 2. The molecule has 0 saturated carbocycles. The van der Waals surface area contributed by atoms with Crippen LogP contribution in [0.1, 0.15) is 30.3 Å². The lowest BCUT2D eigenvalue weighted by Gasteiger charge is -2.02. The number of ether oxygens (including phenoxy) is 1. The van der Waals surface area contributed by atoms with Crippen LogP contribution in [-0.4, -0.2) is 28.1 Å². The number of nitrogens with one attached hydrogen (secondary N) is 1. The molecule has 0 aromatic carbocycles. The summed E-state index contributed by atoms with van der Waals surface area (Å²) in [7, 11) is 0. The minimum absolute atomic E-state index is 0.0452. The lowest BCUT2D eigenvalue weighted by Crippen LogP contribution is -2.14. The third kappa shape index (κ3) is 3.95. The predicted molar refractivity (Wildman–Crippen MR) is 63.9 cm³/mol. The number of hydrogen-bond acceptors (Lipinski definition) is 6. The second-order valence-electron chi connectivity index (χ2n) is 3.05. The first-order valence-electron chi connectivity index (χ1n) is 5.09. The van der Waals surface area contributed by atoms with E-state index in [1.807, 2.05) is 0 Å². The third-order valence-electron chi connectivity index (χ3n) is 1.79. The molecule has 0 unspecified atom stereocenters. The van der Waals surface area contributed by atoms with Crippen LogP contribution in [0, 0.1) is 0 Å². The summed E-state index contributed by atoms with van der Waals surface area (Å²) in [5.41, 5.74) is 0.0452. The van der Waals surface area contributed by atoms with Crippen molar-refractivity contribution in [1.82, 2.24) is 9.59 Å². The van der Waals surface area contributed by atoms with Crippen LogP contribution >= 0.6 is 11.5 Å². The fourth-order valence-corrected chi connectivity index (χ4v) is 1.60. The molecular formula is C10H13N3O3S. The van der Waals surface area contributed by atoms with E-state index in [1.165, 1.54) is 0 Å². The Morgan fingerprint density at radius 1 is 1.59 bits per heavy atom. The van der Waals surface area contributed by atoms with Gasteiger partial charge in [-0.25, -0.2) is 4.79 Å². The van der Waals surface area contributed by atoms with Crippen molar-refractivity contribution in [3.63, 3.8) is 0 Å². The van der Waals surface area contributed by atoms with Crippen molar-refractivity contribution in [2.24, 2.45) is 0 Å². The highest BCUT2D eigenvalue weighted by atomic mass is 32.1. The first-order valence-corrected chi connectivity index (χ1v) is 5.86. The van der Waals surface area contributed by atoms with E-state index in [9.17, 15) is 9.59 Å². The lowest BCUT2D eigenvalue weighted by molar-refractivity contribution is -0.116. The van der Waals surface area contributed by atoms with Gasteiger partial charge < -0.3 is 10.1 Å². The molecule has 1 heterocycles. The largest absolute Gasteiger partial charge is 0.461 e. The molecule has 0 aliphatic rings. The average molecular weight is 255 g/mol. The summed E-state index contributed by atoms with van der Waals surface area (Å²) in [4.78, 5) is 22.9. The summed E-state index contributed by atoms with van der Waals surface area (Å²) >= 11 is 0.946. The van der Waals surface area contributed by atoms with Crippen LogP contribution in [0.25, 0.3) is 0 Å². The number of allylic oxidation sites excluding steroid dienone is 1. The highest BCUT2D eigenvalue weighted by Gasteiger charge is 2.18. The molecular weight excluding hydrogens is 242 g/mol. The Morgan fingerprint density at radius 3 is 3.00 bits per heavy atom. The maximum absolute atomic E-state index is 11.4.